The predicted octanol–water partition coefficient (Wildman–Crippen LogP) is 5.16. The highest BCUT2D eigenvalue weighted by Crippen LogP contribution is 2.39. The lowest BCUT2D eigenvalue weighted by atomic mass is 10.1. The first-order valence-electron chi connectivity index (χ1n) is 10.2. The Hall–Kier alpha value is -4.13. The topological polar surface area (TPSA) is 58.4 Å². The minimum Gasteiger partial charge on any atom is -0.497 e. The molecule has 0 amide bonds. The molecule has 2 aromatic heterocycles. The Morgan fingerprint density at radius 2 is 1.62 bits per heavy atom. The number of halogens is 1. The van der Waals surface area contributed by atoms with Crippen LogP contribution in [0.1, 0.15) is 0 Å². The molecule has 0 radical (unpaired) electrons. The van der Waals surface area contributed by atoms with Gasteiger partial charge < -0.3 is 14.2 Å². The fraction of sp³-hybridized carbons (Fsp3) is 0.120. The van der Waals surface area contributed by atoms with Gasteiger partial charge in [0, 0.05) is 28.6 Å². The molecular weight excluding hydrogens is 409 g/mol. The second kappa shape index (κ2) is 7.23. The number of aromatic nitrogens is 3. The number of rotatable bonds is 3. The number of fused-ring (bicyclic) bond motifs is 4. The SMILES string of the molecule is COc1ccc(-n2nc(-c3ccc(F)cc3)c3cnc4cc5c(cc4c32)OCCO5)cc1. The van der Waals surface area contributed by atoms with E-state index >= 15 is 0 Å². The van der Waals surface area contributed by atoms with E-state index in [1.54, 1.807) is 25.4 Å². The largest absolute Gasteiger partial charge is 0.497 e. The molecule has 5 aromatic rings. The summed E-state index contributed by atoms with van der Waals surface area (Å²) in [6.07, 6.45) is 1.81. The van der Waals surface area contributed by atoms with Gasteiger partial charge >= 0.3 is 0 Å². The number of hydrogen-bond donors (Lipinski definition) is 0. The number of nitrogens with zero attached hydrogens (tertiary/aromatic N) is 3. The van der Waals surface area contributed by atoms with E-state index in [-0.39, 0.29) is 5.82 Å². The first kappa shape index (κ1) is 18.6. The van der Waals surface area contributed by atoms with Gasteiger partial charge in [0.1, 0.15) is 30.5 Å². The van der Waals surface area contributed by atoms with Crippen molar-refractivity contribution >= 4 is 21.8 Å². The van der Waals surface area contributed by atoms with Crippen molar-refractivity contribution in [1.29, 1.82) is 0 Å². The molecule has 1 aliphatic rings. The summed E-state index contributed by atoms with van der Waals surface area (Å²) < 4.78 is 32.3. The Kier molecular flexibility index (Phi) is 4.21. The number of pyridine rings is 1. The van der Waals surface area contributed by atoms with Crippen molar-refractivity contribution in [1.82, 2.24) is 14.8 Å². The average molecular weight is 427 g/mol. The Labute approximate surface area is 182 Å². The van der Waals surface area contributed by atoms with Gasteiger partial charge in [-0.3, -0.25) is 4.98 Å². The highest BCUT2D eigenvalue weighted by atomic mass is 19.1. The molecule has 158 valence electrons. The quantitative estimate of drug-likeness (QED) is 0.398. The van der Waals surface area contributed by atoms with Crippen LogP contribution in [0.3, 0.4) is 0 Å². The Bertz CT molecular complexity index is 1460. The van der Waals surface area contributed by atoms with Gasteiger partial charge in [-0.05, 0) is 54.6 Å². The lowest BCUT2D eigenvalue weighted by Crippen LogP contribution is -2.15. The summed E-state index contributed by atoms with van der Waals surface area (Å²) in [6.45, 7) is 1.01. The summed E-state index contributed by atoms with van der Waals surface area (Å²) in [7, 11) is 1.63. The lowest BCUT2D eigenvalue weighted by Gasteiger charge is -2.19. The van der Waals surface area contributed by atoms with Gasteiger partial charge in [0.2, 0.25) is 0 Å². The molecule has 0 bridgehead atoms. The van der Waals surface area contributed by atoms with Crippen LogP contribution in [0.4, 0.5) is 4.39 Å². The van der Waals surface area contributed by atoms with Gasteiger partial charge in [0.15, 0.2) is 11.5 Å². The molecule has 0 fully saturated rings. The average Bonchev–Trinajstić information content (AvgIpc) is 3.23. The number of benzene rings is 3. The summed E-state index contributed by atoms with van der Waals surface area (Å²) in [5.74, 6) is 1.84. The zero-order valence-electron chi connectivity index (χ0n) is 17.2. The maximum atomic E-state index is 13.6. The third-order valence-electron chi connectivity index (χ3n) is 5.61. The van der Waals surface area contributed by atoms with Crippen molar-refractivity contribution in [2.45, 2.75) is 0 Å². The second-order valence-corrected chi connectivity index (χ2v) is 7.50. The van der Waals surface area contributed by atoms with Crippen molar-refractivity contribution in [3.63, 3.8) is 0 Å². The highest BCUT2D eigenvalue weighted by Gasteiger charge is 2.20. The van der Waals surface area contributed by atoms with Crippen LogP contribution in [0, 0.1) is 5.82 Å². The molecule has 0 atom stereocenters. The van der Waals surface area contributed by atoms with Gasteiger partial charge in [-0.2, -0.15) is 5.10 Å². The van der Waals surface area contributed by atoms with Crippen molar-refractivity contribution in [2.75, 3.05) is 20.3 Å². The molecule has 7 heteroatoms. The molecule has 0 saturated carbocycles. The Morgan fingerprint density at radius 3 is 2.34 bits per heavy atom. The molecule has 3 heterocycles. The zero-order valence-corrected chi connectivity index (χ0v) is 17.2. The van der Waals surface area contributed by atoms with Crippen LogP contribution in [-0.2, 0) is 0 Å². The summed E-state index contributed by atoms with van der Waals surface area (Å²) in [6, 6.07) is 17.8. The van der Waals surface area contributed by atoms with Gasteiger partial charge in [0.25, 0.3) is 0 Å². The van der Waals surface area contributed by atoms with Crippen LogP contribution in [-0.4, -0.2) is 35.1 Å². The van der Waals surface area contributed by atoms with Crippen molar-refractivity contribution in [3.8, 4) is 34.2 Å². The molecule has 6 rings (SSSR count). The molecule has 0 saturated heterocycles. The summed E-state index contributed by atoms with van der Waals surface area (Å²) in [5, 5.41) is 6.67. The van der Waals surface area contributed by atoms with E-state index in [0.29, 0.717) is 24.7 Å². The minimum absolute atomic E-state index is 0.292. The maximum absolute atomic E-state index is 13.6. The standard InChI is InChI=1S/C25H18FN3O3/c1-30-18-8-6-17(7-9-18)29-25-19-12-22-23(32-11-10-31-22)13-21(19)27-14-20(25)24(28-29)15-2-4-16(26)5-3-15/h2-9,12-14H,10-11H2,1H3. The Morgan fingerprint density at radius 1 is 0.906 bits per heavy atom. The summed E-state index contributed by atoms with van der Waals surface area (Å²) in [5.41, 5.74) is 4.06. The lowest BCUT2D eigenvalue weighted by molar-refractivity contribution is 0.172. The van der Waals surface area contributed by atoms with Gasteiger partial charge in [-0.15, -0.1) is 0 Å². The smallest absolute Gasteiger partial charge is 0.163 e. The molecule has 6 nitrogen and oxygen atoms in total. The molecule has 32 heavy (non-hydrogen) atoms. The first-order valence-corrected chi connectivity index (χ1v) is 10.2. The van der Waals surface area contributed by atoms with Crippen LogP contribution in [0.2, 0.25) is 0 Å². The monoisotopic (exact) mass is 427 g/mol. The molecule has 0 spiro atoms. The van der Waals surface area contributed by atoms with E-state index in [2.05, 4.69) is 4.98 Å². The van der Waals surface area contributed by atoms with Crippen LogP contribution < -0.4 is 14.2 Å². The summed E-state index contributed by atoms with van der Waals surface area (Å²) in [4.78, 5) is 4.67. The van der Waals surface area contributed by atoms with Crippen LogP contribution in [0.5, 0.6) is 17.2 Å². The van der Waals surface area contributed by atoms with Gasteiger partial charge in [-0.25, -0.2) is 9.07 Å². The normalized spacial score (nSPS) is 12.9. The first-order chi connectivity index (χ1) is 15.7. The highest BCUT2D eigenvalue weighted by molar-refractivity contribution is 6.09. The fourth-order valence-electron chi connectivity index (χ4n) is 4.05. The number of ether oxygens (including phenoxy) is 3. The van der Waals surface area contributed by atoms with Crippen molar-refractivity contribution in [3.05, 3.63) is 72.7 Å². The zero-order chi connectivity index (χ0) is 21.7. The summed E-state index contributed by atoms with van der Waals surface area (Å²) >= 11 is 0. The predicted molar refractivity (Wildman–Crippen MR) is 119 cm³/mol. The minimum atomic E-state index is -0.292. The van der Waals surface area contributed by atoms with E-state index in [1.165, 1.54) is 12.1 Å². The third kappa shape index (κ3) is 2.93. The van der Waals surface area contributed by atoms with Crippen molar-refractivity contribution in [2.24, 2.45) is 0 Å². The fourth-order valence-corrected chi connectivity index (χ4v) is 4.05. The van der Waals surface area contributed by atoms with E-state index in [1.807, 2.05) is 41.1 Å². The molecule has 0 N–H and O–H groups in total. The van der Waals surface area contributed by atoms with E-state index in [9.17, 15) is 4.39 Å². The van der Waals surface area contributed by atoms with E-state index < -0.39 is 0 Å². The van der Waals surface area contributed by atoms with E-state index in [0.717, 1.165) is 44.5 Å². The van der Waals surface area contributed by atoms with Crippen LogP contribution in [0.15, 0.2) is 66.9 Å². The van der Waals surface area contributed by atoms with E-state index in [4.69, 9.17) is 19.3 Å². The maximum Gasteiger partial charge on any atom is 0.163 e. The Balaban J connectivity index is 1.67. The molecular formula is C25H18FN3O3. The van der Waals surface area contributed by atoms with Gasteiger partial charge in [0.05, 0.1) is 23.8 Å². The van der Waals surface area contributed by atoms with Crippen LogP contribution in [0.25, 0.3) is 38.8 Å². The number of hydrogen-bond acceptors (Lipinski definition) is 5. The molecule has 0 aliphatic carbocycles. The van der Waals surface area contributed by atoms with Gasteiger partial charge in [-0.1, -0.05) is 0 Å². The van der Waals surface area contributed by atoms with Crippen LogP contribution >= 0.6 is 0 Å². The third-order valence-corrected chi connectivity index (χ3v) is 5.61. The van der Waals surface area contributed by atoms with Crippen molar-refractivity contribution < 1.29 is 18.6 Å². The molecule has 1 aliphatic heterocycles. The number of methoxy groups -OCH3 is 1. The molecule has 3 aromatic carbocycles. The molecule has 0 unspecified atom stereocenters. The second-order valence-electron chi connectivity index (χ2n) is 7.50.